The summed E-state index contributed by atoms with van der Waals surface area (Å²) >= 11 is 0. The summed E-state index contributed by atoms with van der Waals surface area (Å²) < 4.78 is 5.40. The van der Waals surface area contributed by atoms with Gasteiger partial charge in [0, 0.05) is 46.2 Å². The van der Waals surface area contributed by atoms with Crippen LogP contribution < -0.4 is 15.4 Å². The van der Waals surface area contributed by atoms with E-state index in [1.165, 1.54) is 0 Å². The quantitative estimate of drug-likeness (QED) is 0.101. The fraction of sp³-hybridized carbons (Fsp3) is 0.324. The first-order chi connectivity index (χ1) is 21.8. The molecule has 5 aromatic rings. The van der Waals surface area contributed by atoms with Crippen LogP contribution >= 0.6 is 0 Å². The smallest absolute Gasteiger partial charge is 0.242 e. The van der Waals surface area contributed by atoms with E-state index in [2.05, 4.69) is 44.9 Å². The number of aryl methyl sites for hydroxylation is 1. The Bertz CT molecular complexity index is 1790. The van der Waals surface area contributed by atoms with Gasteiger partial charge in [-0.25, -0.2) is 0 Å². The number of H-pyrrole nitrogens is 2. The second kappa shape index (κ2) is 14.8. The Labute approximate surface area is 263 Å². The molecule has 8 heteroatoms. The lowest BCUT2D eigenvalue weighted by molar-refractivity contribution is -0.128. The summed E-state index contributed by atoms with van der Waals surface area (Å²) in [4.78, 5) is 45.2. The summed E-state index contributed by atoms with van der Waals surface area (Å²) in [7, 11) is 1.62. The Morgan fingerprint density at radius 1 is 0.844 bits per heavy atom. The zero-order chi connectivity index (χ0) is 31.8. The fourth-order valence-corrected chi connectivity index (χ4v) is 6.04. The number of Topliss-reactive ketones (excluding diaryl/α,β-unsaturated/α-hetero) is 1. The molecule has 0 aliphatic carbocycles. The number of carbonyl (C=O) groups excluding carboxylic acids is 3. The lowest BCUT2D eigenvalue weighted by Crippen LogP contribution is -2.47. The Hall–Kier alpha value is -4.85. The molecule has 0 saturated carbocycles. The van der Waals surface area contributed by atoms with E-state index in [-0.39, 0.29) is 24.0 Å². The molecule has 5 rings (SSSR count). The van der Waals surface area contributed by atoms with Gasteiger partial charge in [0.2, 0.25) is 11.8 Å². The minimum Gasteiger partial charge on any atom is -0.497 e. The number of unbranched alkanes of at least 4 members (excludes halogenated alkanes) is 2. The number of aromatic nitrogens is 2. The summed E-state index contributed by atoms with van der Waals surface area (Å²) in [5.74, 6) is 0.467. The van der Waals surface area contributed by atoms with Crippen LogP contribution in [0.4, 0.5) is 0 Å². The minimum atomic E-state index is -0.675. The molecule has 2 aromatic heterocycles. The first-order valence-corrected chi connectivity index (χ1v) is 15.7. The van der Waals surface area contributed by atoms with Gasteiger partial charge in [-0.05, 0) is 74.1 Å². The fourth-order valence-electron chi connectivity index (χ4n) is 6.04. The van der Waals surface area contributed by atoms with Gasteiger partial charge in [-0.3, -0.25) is 9.59 Å². The summed E-state index contributed by atoms with van der Waals surface area (Å²) in [5.41, 5.74) is 7.07. The number of hydrogen-bond acceptors (Lipinski definition) is 4. The van der Waals surface area contributed by atoms with Gasteiger partial charge in [0.05, 0.1) is 13.5 Å². The Balaban J connectivity index is 1.28. The third kappa shape index (κ3) is 7.81. The van der Waals surface area contributed by atoms with Crippen molar-refractivity contribution >= 4 is 39.4 Å². The van der Waals surface area contributed by atoms with Crippen molar-refractivity contribution in [2.45, 2.75) is 64.8 Å². The van der Waals surface area contributed by atoms with Crippen molar-refractivity contribution in [3.05, 3.63) is 89.6 Å². The van der Waals surface area contributed by atoms with Crippen molar-refractivity contribution in [1.82, 2.24) is 20.6 Å². The predicted octanol–water partition coefficient (Wildman–Crippen LogP) is 6.56. The Morgan fingerprint density at radius 3 is 2.38 bits per heavy atom. The number of fused-ring (bicyclic) bond motifs is 2. The molecule has 0 saturated heterocycles. The SMILES string of the molecule is COc1ccc2[nH]c(C)c(CC(=O)N[C@H](CCCCCC(C)=O)C(=O)NCCc3c(-c4ccccc4)[nH]c4ccccc34)c2c1. The maximum absolute atomic E-state index is 13.6. The van der Waals surface area contributed by atoms with Gasteiger partial charge < -0.3 is 30.1 Å². The van der Waals surface area contributed by atoms with Crippen LogP contribution in [-0.2, 0) is 27.2 Å². The average Bonchev–Trinajstić information content (AvgIpc) is 3.56. The van der Waals surface area contributed by atoms with E-state index in [4.69, 9.17) is 4.74 Å². The van der Waals surface area contributed by atoms with Gasteiger partial charge in [-0.2, -0.15) is 0 Å². The summed E-state index contributed by atoms with van der Waals surface area (Å²) in [6.45, 7) is 3.97. The molecule has 2 amide bonds. The van der Waals surface area contributed by atoms with Crippen molar-refractivity contribution in [2.24, 2.45) is 0 Å². The highest BCUT2D eigenvalue weighted by atomic mass is 16.5. The standard InChI is InChI=1S/C37H42N4O4/c1-24(42)12-6-4-9-17-34(40-35(43)23-30-25(2)39-33-19-18-27(45-3)22-31(30)33)37(44)38-21-20-29-28-15-10-11-16-32(28)41-36(29)26-13-7-5-8-14-26/h5,7-8,10-11,13-16,18-19,22,34,39,41H,4,6,9,12,17,20-21,23H2,1-3H3,(H,38,44)(H,40,43)/t34-/m1/s1. The number of hydrogen-bond donors (Lipinski definition) is 4. The van der Waals surface area contributed by atoms with Crippen LogP contribution in [0.2, 0.25) is 0 Å². The molecule has 1 atom stereocenters. The average molecular weight is 607 g/mol. The Morgan fingerprint density at radius 2 is 1.60 bits per heavy atom. The number of carbonyl (C=O) groups is 3. The molecule has 0 aliphatic rings. The van der Waals surface area contributed by atoms with Crippen molar-refractivity contribution in [3.8, 4) is 17.0 Å². The maximum Gasteiger partial charge on any atom is 0.242 e. The van der Waals surface area contributed by atoms with Gasteiger partial charge in [-0.15, -0.1) is 0 Å². The van der Waals surface area contributed by atoms with Crippen LogP contribution in [0.3, 0.4) is 0 Å². The van der Waals surface area contributed by atoms with E-state index < -0.39 is 6.04 Å². The molecule has 0 aliphatic heterocycles. The van der Waals surface area contributed by atoms with Gasteiger partial charge >= 0.3 is 0 Å². The number of ether oxygens (including phenoxy) is 1. The molecule has 0 unspecified atom stereocenters. The lowest BCUT2D eigenvalue weighted by atomic mass is 10.0. The van der Waals surface area contributed by atoms with Crippen LogP contribution in [-0.4, -0.2) is 47.3 Å². The molecule has 234 valence electrons. The number of nitrogens with one attached hydrogen (secondary N) is 4. The minimum absolute atomic E-state index is 0.142. The number of amides is 2. The molecule has 0 radical (unpaired) electrons. The molecule has 2 heterocycles. The number of para-hydroxylation sites is 1. The predicted molar refractivity (Wildman–Crippen MR) is 179 cm³/mol. The maximum atomic E-state index is 13.6. The van der Waals surface area contributed by atoms with E-state index in [9.17, 15) is 14.4 Å². The van der Waals surface area contributed by atoms with Crippen LogP contribution in [0.5, 0.6) is 5.75 Å². The van der Waals surface area contributed by atoms with Crippen LogP contribution in [0, 0.1) is 6.92 Å². The highest BCUT2D eigenvalue weighted by Gasteiger charge is 2.22. The topological polar surface area (TPSA) is 116 Å². The van der Waals surface area contributed by atoms with E-state index in [0.29, 0.717) is 25.8 Å². The van der Waals surface area contributed by atoms with Gasteiger partial charge in [-0.1, -0.05) is 61.4 Å². The highest BCUT2D eigenvalue weighted by molar-refractivity contribution is 5.94. The van der Waals surface area contributed by atoms with E-state index in [1.807, 2.05) is 55.5 Å². The normalized spacial score (nSPS) is 11.9. The van der Waals surface area contributed by atoms with Crippen LogP contribution in [0.1, 0.15) is 55.8 Å². The number of benzene rings is 3. The molecule has 0 spiro atoms. The molecular formula is C37H42N4O4. The summed E-state index contributed by atoms with van der Waals surface area (Å²) in [5, 5.41) is 8.18. The van der Waals surface area contributed by atoms with Crippen molar-refractivity contribution in [2.75, 3.05) is 13.7 Å². The van der Waals surface area contributed by atoms with Crippen molar-refractivity contribution < 1.29 is 19.1 Å². The molecule has 4 N–H and O–H groups in total. The molecule has 0 fully saturated rings. The molecule has 0 bridgehead atoms. The largest absolute Gasteiger partial charge is 0.497 e. The summed E-state index contributed by atoms with van der Waals surface area (Å²) in [6.07, 6.45) is 4.13. The molecule has 3 aromatic carbocycles. The first-order valence-electron chi connectivity index (χ1n) is 15.7. The van der Waals surface area contributed by atoms with E-state index in [0.717, 1.165) is 74.9 Å². The van der Waals surface area contributed by atoms with E-state index in [1.54, 1.807) is 14.0 Å². The van der Waals surface area contributed by atoms with Gasteiger partial charge in [0.25, 0.3) is 0 Å². The number of ketones is 1. The third-order valence-electron chi connectivity index (χ3n) is 8.39. The number of methoxy groups -OCH3 is 1. The number of rotatable bonds is 15. The van der Waals surface area contributed by atoms with Gasteiger partial charge in [0.15, 0.2) is 0 Å². The second-order valence-corrected chi connectivity index (χ2v) is 11.7. The molecule has 8 nitrogen and oxygen atoms in total. The van der Waals surface area contributed by atoms with E-state index >= 15 is 0 Å². The lowest BCUT2D eigenvalue weighted by Gasteiger charge is -2.19. The number of aromatic amines is 2. The second-order valence-electron chi connectivity index (χ2n) is 11.7. The summed E-state index contributed by atoms with van der Waals surface area (Å²) in [6, 6.07) is 23.5. The monoisotopic (exact) mass is 606 g/mol. The Kier molecular flexibility index (Phi) is 10.3. The molecule has 45 heavy (non-hydrogen) atoms. The van der Waals surface area contributed by atoms with Crippen molar-refractivity contribution in [1.29, 1.82) is 0 Å². The third-order valence-corrected chi connectivity index (χ3v) is 8.39. The zero-order valence-corrected chi connectivity index (χ0v) is 26.3. The van der Waals surface area contributed by atoms with Crippen LogP contribution in [0.15, 0.2) is 72.8 Å². The van der Waals surface area contributed by atoms with Crippen LogP contribution in [0.25, 0.3) is 33.1 Å². The molecular weight excluding hydrogens is 564 g/mol. The highest BCUT2D eigenvalue weighted by Crippen LogP contribution is 2.31. The van der Waals surface area contributed by atoms with Gasteiger partial charge in [0.1, 0.15) is 17.6 Å². The van der Waals surface area contributed by atoms with Crippen molar-refractivity contribution in [3.63, 3.8) is 0 Å². The first kappa shape index (κ1) is 31.6. The zero-order valence-electron chi connectivity index (χ0n) is 26.3.